The van der Waals surface area contributed by atoms with Crippen molar-refractivity contribution in [3.8, 4) is 0 Å². The highest BCUT2D eigenvalue weighted by Gasteiger charge is 2.74. The molecule has 1 aromatic carbocycles. The van der Waals surface area contributed by atoms with Crippen molar-refractivity contribution in [2.75, 3.05) is 26.2 Å². The van der Waals surface area contributed by atoms with Crippen LogP contribution in [0, 0.1) is 11.8 Å². The van der Waals surface area contributed by atoms with Gasteiger partial charge in [-0.3, -0.25) is 14.4 Å². The van der Waals surface area contributed by atoms with Crippen LogP contribution < -0.4 is 0 Å². The molecule has 0 saturated carbocycles. The smallest absolute Gasteiger partial charge is 0.248 e. The average molecular weight is 524 g/mol. The SMILES string of the molecule is C=CCN(Cc1ccccc1)C(=O)[C@@H]1[C@@H]2CCC3(O2)C(C(=O)N(CC=C)C(C)C)N(CCCCO)C(=O)[C@H]13. The van der Waals surface area contributed by atoms with Gasteiger partial charge in [0.25, 0.3) is 0 Å². The Bertz CT molecular complexity index is 1040. The monoisotopic (exact) mass is 523 g/mol. The molecule has 5 atom stereocenters. The largest absolute Gasteiger partial charge is 0.396 e. The summed E-state index contributed by atoms with van der Waals surface area (Å²) in [6, 6.07) is 8.86. The summed E-state index contributed by atoms with van der Waals surface area (Å²) < 4.78 is 6.59. The molecule has 3 heterocycles. The zero-order valence-corrected chi connectivity index (χ0v) is 22.6. The van der Waals surface area contributed by atoms with Crippen molar-refractivity contribution >= 4 is 17.7 Å². The third kappa shape index (κ3) is 4.92. The predicted molar refractivity (Wildman–Crippen MR) is 145 cm³/mol. The highest BCUT2D eigenvalue weighted by atomic mass is 16.5. The molecule has 2 unspecified atom stereocenters. The lowest BCUT2D eigenvalue weighted by Crippen LogP contribution is -2.57. The van der Waals surface area contributed by atoms with E-state index in [4.69, 9.17) is 4.74 Å². The second-order valence-corrected chi connectivity index (χ2v) is 10.9. The molecule has 1 N–H and O–H groups in total. The highest BCUT2D eigenvalue weighted by molar-refractivity contribution is 5.99. The molecule has 3 aliphatic rings. The van der Waals surface area contributed by atoms with Crippen LogP contribution in [0.25, 0.3) is 0 Å². The number of hydrogen-bond donors (Lipinski definition) is 1. The van der Waals surface area contributed by atoms with Crippen molar-refractivity contribution in [3.05, 3.63) is 61.2 Å². The summed E-state index contributed by atoms with van der Waals surface area (Å²) in [7, 11) is 0. The van der Waals surface area contributed by atoms with Gasteiger partial charge in [-0.15, -0.1) is 13.2 Å². The molecule has 206 valence electrons. The molecule has 4 rings (SSSR count). The Morgan fingerprint density at radius 2 is 1.87 bits per heavy atom. The van der Waals surface area contributed by atoms with Crippen LogP contribution in [0.15, 0.2) is 55.6 Å². The minimum atomic E-state index is -1.03. The molecule has 3 fully saturated rings. The Balaban J connectivity index is 1.69. The number of likely N-dealkylation sites (tertiary alicyclic amines) is 1. The van der Waals surface area contributed by atoms with Gasteiger partial charge >= 0.3 is 0 Å². The molecule has 38 heavy (non-hydrogen) atoms. The van der Waals surface area contributed by atoms with E-state index >= 15 is 0 Å². The van der Waals surface area contributed by atoms with Crippen LogP contribution >= 0.6 is 0 Å². The molecule has 8 heteroatoms. The minimum absolute atomic E-state index is 0.0134. The molecule has 8 nitrogen and oxygen atoms in total. The summed E-state index contributed by atoms with van der Waals surface area (Å²) in [4.78, 5) is 47.4. The van der Waals surface area contributed by atoms with Crippen LogP contribution in [0.5, 0.6) is 0 Å². The van der Waals surface area contributed by atoms with E-state index in [0.29, 0.717) is 51.9 Å². The maximum Gasteiger partial charge on any atom is 0.248 e. The maximum absolute atomic E-state index is 14.1. The summed E-state index contributed by atoms with van der Waals surface area (Å²) in [5, 5.41) is 9.35. The molecule has 1 aromatic rings. The molecule has 0 aliphatic carbocycles. The van der Waals surface area contributed by atoms with Gasteiger partial charge in [-0.1, -0.05) is 42.5 Å². The molecule has 1 spiro atoms. The number of amides is 3. The third-order valence-electron chi connectivity index (χ3n) is 8.24. The van der Waals surface area contributed by atoms with Gasteiger partial charge in [0.15, 0.2) is 0 Å². The van der Waals surface area contributed by atoms with Crippen LogP contribution in [-0.4, -0.2) is 87.6 Å². The minimum Gasteiger partial charge on any atom is -0.396 e. The average Bonchev–Trinajstić information content (AvgIpc) is 3.54. The fourth-order valence-electron chi connectivity index (χ4n) is 6.60. The topological polar surface area (TPSA) is 90.4 Å². The van der Waals surface area contributed by atoms with Crippen LogP contribution in [0.4, 0.5) is 0 Å². The van der Waals surface area contributed by atoms with Crippen LogP contribution in [0.1, 0.15) is 45.1 Å². The number of aliphatic hydroxyl groups is 1. The van der Waals surface area contributed by atoms with Gasteiger partial charge in [-0.05, 0) is 45.1 Å². The van der Waals surface area contributed by atoms with E-state index < -0.39 is 29.6 Å². The Hall–Kier alpha value is -2.97. The number of carbonyl (C=O) groups is 3. The molecule has 0 aromatic heterocycles. The van der Waals surface area contributed by atoms with Crippen molar-refractivity contribution in [2.45, 2.75) is 69.9 Å². The zero-order chi connectivity index (χ0) is 27.4. The Morgan fingerprint density at radius 1 is 1.16 bits per heavy atom. The van der Waals surface area contributed by atoms with Gasteiger partial charge in [0, 0.05) is 38.8 Å². The van der Waals surface area contributed by atoms with Crippen molar-refractivity contribution in [3.63, 3.8) is 0 Å². The number of ether oxygens (including phenoxy) is 1. The molecule has 0 radical (unpaired) electrons. The summed E-state index contributed by atoms with van der Waals surface area (Å²) >= 11 is 0. The van der Waals surface area contributed by atoms with E-state index in [1.165, 1.54) is 0 Å². The van der Waals surface area contributed by atoms with E-state index in [2.05, 4.69) is 13.2 Å². The van der Waals surface area contributed by atoms with Crippen LogP contribution in [0.3, 0.4) is 0 Å². The predicted octanol–water partition coefficient (Wildman–Crippen LogP) is 2.77. The lowest BCUT2D eigenvalue weighted by molar-refractivity contribution is -0.149. The van der Waals surface area contributed by atoms with E-state index in [-0.39, 0.29) is 30.4 Å². The number of rotatable bonds is 13. The first-order valence-electron chi connectivity index (χ1n) is 13.7. The number of nitrogens with zero attached hydrogens (tertiary/aromatic N) is 3. The van der Waals surface area contributed by atoms with Crippen molar-refractivity contribution in [2.24, 2.45) is 11.8 Å². The third-order valence-corrected chi connectivity index (χ3v) is 8.24. The summed E-state index contributed by atoms with van der Waals surface area (Å²) in [6.07, 6.45) is 5.27. The second kappa shape index (κ2) is 11.8. The first-order valence-corrected chi connectivity index (χ1v) is 13.7. The summed E-state index contributed by atoms with van der Waals surface area (Å²) in [6.45, 7) is 13.0. The second-order valence-electron chi connectivity index (χ2n) is 10.9. The van der Waals surface area contributed by atoms with Crippen LogP contribution in [-0.2, 0) is 25.7 Å². The number of carbonyl (C=O) groups excluding carboxylic acids is 3. The van der Waals surface area contributed by atoms with Gasteiger partial charge in [-0.25, -0.2) is 0 Å². The first-order chi connectivity index (χ1) is 18.3. The Labute approximate surface area is 225 Å². The van der Waals surface area contributed by atoms with Gasteiger partial charge in [-0.2, -0.15) is 0 Å². The van der Waals surface area contributed by atoms with E-state index in [1.54, 1.807) is 26.9 Å². The molecule has 2 bridgehead atoms. The number of hydrogen-bond acceptors (Lipinski definition) is 5. The molecule has 3 amide bonds. The van der Waals surface area contributed by atoms with Gasteiger partial charge in [0.1, 0.15) is 11.6 Å². The van der Waals surface area contributed by atoms with Gasteiger partial charge in [0.2, 0.25) is 17.7 Å². The van der Waals surface area contributed by atoms with E-state index in [0.717, 1.165) is 5.56 Å². The maximum atomic E-state index is 14.1. The van der Waals surface area contributed by atoms with Gasteiger partial charge in [0.05, 0.1) is 17.9 Å². The normalized spacial score (nSPS) is 27.5. The summed E-state index contributed by atoms with van der Waals surface area (Å²) in [5.74, 6) is -1.85. The Kier molecular flexibility index (Phi) is 8.73. The summed E-state index contributed by atoms with van der Waals surface area (Å²) in [5.41, 5.74) is -0.0332. The fraction of sp³-hybridized carbons (Fsp3) is 0.567. The number of aliphatic hydroxyl groups excluding tert-OH is 1. The number of unbranched alkanes of at least 4 members (excludes halogenated alkanes) is 1. The number of benzene rings is 1. The molecular weight excluding hydrogens is 482 g/mol. The van der Waals surface area contributed by atoms with Crippen molar-refractivity contribution in [1.82, 2.24) is 14.7 Å². The lowest BCUT2D eigenvalue weighted by atomic mass is 9.70. The zero-order valence-electron chi connectivity index (χ0n) is 22.6. The highest BCUT2D eigenvalue weighted by Crippen LogP contribution is 2.59. The van der Waals surface area contributed by atoms with E-state index in [1.807, 2.05) is 44.2 Å². The Morgan fingerprint density at radius 3 is 2.50 bits per heavy atom. The fourth-order valence-corrected chi connectivity index (χ4v) is 6.60. The van der Waals surface area contributed by atoms with Crippen molar-refractivity contribution < 1.29 is 24.2 Å². The van der Waals surface area contributed by atoms with E-state index in [9.17, 15) is 19.5 Å². The molecular formula is C30H41N3O5. The lowest BCUT2D eigenvalue weighted by Gasteiger charge is -2.38. The van der Waals surface area contributed by atoms with Crippen molar-refractivity contribution in [1.29, 1.82) is 0 Å². The number of fused-ring (bicyclic) bond motifs is 1. The quantitative estimate of drug-likeness (QED) is 0.317. The van der Waals surface area contributed by atoms with Crippen LogP contribution in [0.2, 0.25) is 0 Å². The standard InChI is InChI=1S/C30H41N3O5/c1-5-16-31(20-22-12-8-7-9-13-22)27(35)24-23-14-15-30(38-23)25(24)28(36)33(18-10-11-19-34)26(30)29(37)32(17-6-2)21(3)4/h5-9,12-13,21,23-26,34H,1-2,10-11,14-20H2,3-4H3/t23-,24+,25-,26?,30?/m0/s1. The first kappa shape index (κ1) is 28.0. The van der Waals surface area contributed by atoms with Gasteiger partial charge < -0.3 is 24.5 Å². The molecule has 3 saturated heterocycles. The molecule has 3 aliphatic heterocycles.